The normalized spacial score (nSPS) is 14.3. The molecule has 3 heterocycles. The number of anilines is 1. The summed E-state index contributed by atoms with van der Waals surface area (Å²) in [5.41, 5.74) is -0.529. The molecule has 4 aromatic rings. The van der Waals surface area contributed by atoms with Crippen LogP contribution in [0, 0.1) is 24.4 Å². The Morgan fingerprint density at radius 3 is 2.58 bits per heavy atom. The number of carbonyl (C=O) groups is 1. The second-order valence-corrected chi connectivity index (χ2v) is 8.19. The first kappa shape index (κ1) is 19.3. The Hall–Kier alpha value is -3.62. The van der Waals surface area contributed by atoms with Crippen molar-refractivity contribution in [3.8, 4) is 16.8 Å². The Labute approximate surface area is 175 Å². The lowest BCUT2D eigenvalue weighted by atomic mass is 9.95. The van der Waals surface area contributed by atoms with Gasteiger partial charge in [-0.05, 0) is 44.5 Å². The minimum Gasteiger partial charge on any atom is -0.371 e. The topological polar surface area (TPSA) is 64.7 Å². The van der Waals surface area contributed by atoms with Crippen LogP contribution in [-0.2, 0) is 5.54 Å². The first-order valence-electron chi connectivity index (χ1n) is 9.65. The quantitative estimate of drug-likeness (QED) is 0.469. The molecule has 0 aliphatic carbocycles. The average Bonchev–Trinajstić information content (AvgIpc) is 3.25. The van der Waals surface area contributed by atoms with Crippen LogP contribution >= 0.6 is 0 Å². The lowest BCUT2D eigenvalue weighted by Crippen LogP contribution is -2.36. The smallest absolute Gasteiger partial charge is 0.227 e. The predicted octanol–water partition coefficient (Wildman–Crippen LogP) is 4.94. The van der Waals surface area contributed by atoms with Crippen molar-refractivity contribution < 1.29 is 18.0 Å². The van der Waals surface area contributed by atoms with Crippen molar-refractivity contribution in [2.75, 3.05) is 5.32 Å². The second kappa shape index (κ2) is 6.19. The van der Waals surface area contributed by atoms with Gasteiger partial charge in [0.05, 0.1) is 22.3 Å². The molecule has 0 atom stereocenters. The zero-order valence-electron chi connectivity index (χ0n) is 17.2. The van der Waals surface area contributed by atoms with Crippen LogP contribution in [0.3, 0.4) is 0 Å². The van der Waals surface area contributed by atoms with E-state index in [-0.39, 0.29) is 33.9 Å². The van der Waals surface area contributed by atoms with E-state index in [1.54, 1.807) is 17.6 Å². The summed E-state index contributed by atoms with van der Waals surface area (Å²) in [6, 6.07) is 4.97. The Bertz CT molecular complexity index is 1420. The van der Waals surface area contributed by atoms with Gasteiger partial charge < -0.3 is 5.32 Å². The maximum atomic E-state index is 16.0. The third kappa shape index (κ3) is 2.62. The van der Waals surface area contributed by atoms with Crippen LogP contribution in [0.2, 0.25) is 0 Å². The van der Waals surface area contributed by atoms with Crippen LogP contribution in [0.25, 0.3) is 27.7 Å². The highest BCUT2D eigenvalue weighted by Gasteiger charge is 2.37. The number of aryl methyl sites for hydroxylation is 1. The van der Waals surface area contributed by atoms with Crippen LogP contribution in [-0.4, -0.2) is 25.2 Å². The van der Waals surface area contributed by atoms with Crippen molar-refractivity contribution in [1.82, 2.24) is 19.3 Å². The van der Waals surface area contributed by atoms with Gasteiger partial charge >= 0.3 is 0 Å². The molecule has 2 aromatic carbocycles. The maximum Gasteiger partial charge on any atom is 0.227 e. The number of fused-ring (bicyclic) bond motifs is 4. The van der Waals surface area contributed by atoms with E-state index >= 15 is 8.78 Å². The number of hydrogen-bond acceptors (Lipinski definition) is 4. The van der Waals surface area contributed by atoms with Gasteiger partial charge in [-0.1, -0.05) is 0 Å². The van der Waals surface area contributed by atoms with E-state index < -0.39 is 23.0 Å². The Morgan fingerprint density at radius 1 is 1.13 bits per heavy atom. The molecular weight excluding hydrogens is 407 g/mol. The molecule has 1 N–H and O–H groups in total. The summed E-state index contributed by atoms with van der Waals surface area (Å²) in [6.45, 7) is 6.67. The SMILES string of the molecule is CC(=O)n1ccc2c(-c3c(F)cc4c(c3F)-n3c(C)nnc3C(C)(C)N4)cc(F)cc21. The molecule has 0 saturated carbocycles. The Balaban J connectivity index is 1.86. The van der Waals surface area contributed by atoms with E-state index in [1.807, 2.05) is 13.8 Å². The molecule has 0 unspecified atom stereocenters. The van der Waals surface area contributed by atoms with Gasteiger partial charge in [0.2, 0.25) is 5.91 Å². The maximum absolute atomic E-state index is 16.0. The lowest BCUT2D eigenvalue weighted by molar-refractivity contribution is 0.0941. The fourth-order valence-electron chi connectivity index (χ4n) is 4.29. The molecule has 158 valence electrons. The van der Waals surface area contributed by atoms with Gasteiger partial charge in [0.25, 0.3) is 0 Å². The standard InChI is InChI=1S/C22H18F3N5O/c1-10-27-28-21-22(3,4)26-16-9-15(24)18(19(25)20(16)30(10)21)14-7-12(23)8-17-13(14)5-6-29(17)11(2)31/h5-9,26H,1-4H3. The number of aromatic nitrogens is 4. The van der Waals surface area contributed by atoms with Crippen LogP contribution in [0.1, 0.15) is 37.2 Å². The first-order chi connectivity index (χ1) is 14.6. The summed E-state index contributed by atoms with van der Waals surface area (Å²) in [5.74, 6) is -1.86. The molecular formula is C22H18F3N5O. The molecule has 1 aliphatic rings. The van der Waals surface area contributed by atoms with E-state index in [0.29, 0.717) is 17.0 Å². The number of rotatable bonds is 1. The summed E-state index contributed by atoms with van der Waals surface area (Å²) >= 11 is 0. The number of hydrogen-bond donors (Lipinski definition) is 1. The minimum absolute atomic E-state index is 0.0184. The highest BCUT2D eigenvalue weighted by atomic mass is 19.1. The summed E-state index contributed by atoms with van der Waals surface area (Å²) in [7, 11) is 0. The van der Waals surface area contributed by atoms with Gasteiger partial charge in [-0.15, -0.1) is 10.2 Å². The van der Waals surface area contributed by atoms with Crippen molar-refractivity contribution in [3.05, 3.63) is 59.6 Å². The number of benzene rings is 2. The van der Waals surface area contributed by atoms with Gasteiger partial charge in [0.15, 0.2) is 11.6 Å². The second-order valence-electron chi connectivity index (χ2n) is 8.19. The van der Waals surface area contributed by atoms with E-state index in [4.69, 9.17) is 0 Å². The molecule has 0 amide bonds. The zero-order chi connectivity index (χ0) is 22.2. The monoisotopic (exact) mass is 425 g/mol. The van der Waals surface area contributed by atoms with Crippen molar-refractivity contribution in [3.63, 3.8) is 0 Å². The predicted molar refractivity (Wildman–Crippen MR) is 110 cm³/mol. The summed E-state index contributed by atoms with van der Waals surface area (Å²) in [4.78, 5) is 11.9. The average molecular weight is 425 g/mol. The Morgan fingerprint density at radius 2 is 1.87 bits per heavy atom. The van der Waals surface area contributed by atoms with Gasteiger partial charge in [-0.25, -0.2) is 13.2 Å². The van der Waals surface area contributed by atoms with Gasteiger partial charge in [-0.2, -0.15) is 0 Å². The van der Waals surface area contributed by atoms with Gasteiger partial charge in [0.1, 0.15) is 23.1 Å². The highest BCUT2D eigenvalue weighted by molar-refractivity contribution is 6.01. The van der Waals surface area contributed by atoms with Crippen LogP contribution < -0.4 is 5.32 Å². The number of carbonyl (C=O) groups excluding carboxylic acids is 1. The van der Waals surface area contributed by atoms with Gasteiger partial charge in [-0.3, -0.25) is 13.9 Å². The third-order valence-corrected chi connectivity index (χ3v) is 5.63. The van der Waals surface area contributed by atoms with Crippen molar-refractivity contribution >= 4 is 22.5 Å². The largest absolute Gasteiger partial charge is 0.371 e. The fourth-order valence-corrected chi connectivity index (χ4v) is 4.29. The molecule has 0 fully saturated rings. The van der Waals surface area contributed by atoms with E-state index in [0.717, 1.165) is 6.07 Å². The third-order valence-electron chi connectivity index (χ3n) is 5.63. The van der Waals surface area contributed by atoms with Crippen LogP contribution in [0.5, 0.6) is 0 Å². The molecule has 0 saturated heterocycles. The van der Waals surface area contributed by atoms with E-state index in [9.17, 15) is 9.18 Å². The number of nitrogens with one attached hydrogen (secondary N) is 1. The van der Waals surface area contributed by atoms with Crippen LogP contribution in [0.15, 0.2) is 30.5 Å². The fraction of sp³-hybridized carbons (Fsp3) is 0.227. The highest BCUT2D eigenvalue weighted by Crippen LogP contribution is 2.43. The summed E-state index contributed by atoms with van der Waals surface area (Å²) < 4.78 is 48.5. The van der Waals surface area contributed by atoms with E-state index in [2.05, 4.69) is 15.5 Å². The molecule has 0 bridgehead atoms. The molecule has 5 rings (SSSR count). The van der Waals surface area contributed by atoms with Crippen molar-refractivity contribution in [2.45, 2.75) is 33.2 Å². The Kier molecular flexibility index (Phi) is 3.87. The number of nitrogens with zero attached hydrogens (tertiary/aromatic N) is 4. The minimum atomic E-state index is -0.871. The molecule has 1 aliphatic heterocycles. The van der Waals surface area contributed by atoms with E-state index in [1.165, 1.54) is 29.8 Å². The van der Waals surface area contributed by atoms with Crippen molar-refractivity contribution in [2.24, 2.45) is 0 Å². The summed E-state index contributed by atoms with van der Waals surface area (Å²) in [5, 5.41) is 11.7. The number of halogens is 3. The summed E-state index contributed by atoms with van der Waals surface area (Å²) in [6.07, 6.45) is 1.45. The lowest BCUT2D eigenvalue weighted by Gasteiger charge is -2.34. The molecule has 31 heavy (non-hydrogen) atoms. The first-order valence-corrected chi connectivity index (χ1v) is 9.65. The molecule has 2 aromatic heterocycles. The molecule has 6 nitrogen and oxygen atoms in total. The molecule has 0 spiro atoms. The zero-order valence-corrected chi connectivity index (χ0v) is 17.2. The molecule has 0 radical (unpaired) electrons. The molecule has 9 heteroatoms. The van der Waals surface area contributed by atoms with Crippen molar-refractivity contribution in [1.29, 1.82) is 0 Å². The van der Waals surface area contributed by atoms with Crippen LogP contribution in [0.4, 0.5) is 18.9 Å². The van der Waals surface area contributed by atoms with Gasteiger partial charge in [0, 0.05) is 24.6 Å².